The first kappa shape index (κ1) is 13.0. The molecule has 2 heterocycles. The van der Waals surface area contributed by atoms with E-state index >= 15 is 0 Å². The highest BCUT2D eigenvalue weighted by molar-refractivity contribution is 8.00. The molecule has 0 saturated carbocycles. The standard InChI is InChI=1S/C15H14N2O2S/c1-10-13(8-17-5-4-16-9-17)7-12-6-11(15(18)19)2-3-14(12)20-10/h2-7,9-10H,8H2,1H3,(H,18,19). The van der Waals surface area contributed by atoms with Gasteiger partial charge in [-0.15, -0.1) is 11.8 Å². The fourth-order valence-electron chi connectivity index (χ4n) is 2.25. The number of carbonyl (C=O) groups is 1. The predicted octanol–water partition coefficient (Wildman–Crippen LogP) is 3.16. The first-order chi connectivity index (χ1) is 9.63. The zero-order valence-corrected chi connectivity index (χ0v) is 11.8. The Bertz CT molecular complexity index is 677. The van der Waals surface area contributed by atoms with E-state index in [-0.39, 0.29) is 0 Å². The Morgan fingerprint density at radius 1 is 1.50 bits per heavy atom. The Kier molecular flexibility index (Phi) is 3.36. The van der Waals surface area contributed by atoms with E-state index < -0.39 is 5.97 Å². The molecule has 1 unspecified atom stereocenters. The maximum Gasteiger partial charge on any atom is 0.335 e. The summed E-state index contributed by atoms with van der Waals surface area (Å²) in [5.41, 5.74) is 2.59. The first-order valence-corrected chi connectivity index (χ1v) is 7.21. The lowest BCUT2D eigenvalue weighted by atomic mass is 10.0. The van der Waals surface area contributed by atoms with Crippen LogP contribution in [0.5, 0.6) is 0 Å². The number of aromatic nitrogens is 2. The summed E-state index contributed by atoms with van der Waals surface area (Å²) in [6, 6.07) is 5.30. The van der Waals surface area contributed by atoms with E-state index in [4.69, 9.17) is 5.11 Å². The number of fused-ring (bicyclic) bond motifs is 1. The van der Waals surface area contributed by atoms with Crippen molar-refractivity contribution in [2.24, 2.45) is 0 Å². The van der Waals surface area contributed by atoms with Gasteiger partial charge in [-0.05, 0) is 36.3 Å². The largest absolute Gasteiger partial charge is 0.478 e. The van der Waals surface area contributed by atoms with Crippen LogP contribution >= 0.6 is 11.8 Å². The summed E-state index contributed by atoms with van der Waals surface area (Å²) in [5, 5.41) is 9.45. The van der Waals surface area contributed by atoms with Crippen LogP contribution in [0.3, 0.4) is 0 Å². The molecule has 0 fully saturated rings. The third-order valence-electron chi connectivity index (χ3n) is 3.35. The number of benzene rings is 1. The molecule has 1 aromatic heterocycles. The third kappa shape index (κ3) is 2.49. The lowest BCUT2D eigenvalue weighted by Crippen LogP contribution is -2.12. The molecule has 5 heteroatoms. The summed E-state index contributed by atoms with van der Waals surface area (Å²) < 4.78 is 2.02. The molecular formula is C15H14N2O2S. The van der Waals surface area contributed by atoms with Gasteiger partial charge in [0.25, 0.3) is 0 Å². The molecule has 0 bridgehead atoms. The molecule has 0 radical (unpaired) electrons. The van der Waals surface area contributed by atoms with E-state index in [1.165, 1.54) is 5.57 Å². The highest BCUT2D eigenvalue weighted by atomic mass is 32.2. The molecule has 0 aliphatic carbocycles. The van der Waals surface area contributed by atoms with Gasteiger partial charge >= 0.3 is 5.97 Å². The quantitative estimate of drug-likeness (QED) is 0.941. The van der Waals surface area contributed by atoms with Gasteiger partial charge in [-0.25, -0.2) is 9.78 Å². The first-order valence-electron chi connectivity index (χ1n) is 6.33. The fourth-order valence-corrected chi connectivity index (χ4v) is 3.33. The Labute approximate surface area is 121 Å². The molecule has 20 heavy (non-hydrogen) atoms. The van der Waals surface area contributed by atoms with Crippen molar-refractivity contribution < 1.29 is 9.90 Å². The molecule has 1 aliphatic heterocycles. The second kappa shape index (κ2) is 5.17. The molecule has 0 amide bonds. The van der Waals surface area contributed by atoms with E-state index in [2.05, 4.69) is 18.0 Å². The maximum atomic E-state index is 11.0. The van der Waals surface area contributed by atoms with Crippen molar-refractivity contribution in [2.75, 3.05) is 0 Å². The zero-order chi connectivity index (χ0) is 14.1. The van der Waals surface area contributed by atoms with Gasteiger partial charge in [0.1, 0.15) is 0 Å². The van der Waals surface area contributed by atoms with Gasteiger partial charge in [-0.3, -0.25) is 0 Å². The number of imidazole rings is 1. The van der Waals surface area contributed by atoms with E-state index in [9.17, 15) is 4.79 Å². The number of rotatable bonds is 3. The van der Waals surface area contributed by atoms with Crippen LogP contribution in [-0.4, -0.2) is 25.9 Å². The van der Waals surface area contributed by atoms with Crippen molar-refractivity contribution in [3.8, 4) is 0 Å². The molecule has 1 aromatic carbocycles. The minimum Gasteiger partial charge on any atom is -0.478 e. The van der Waals surface area contributed by atoms with Crippen molar-refractivity contribution in [1.29, 1.82) is 0 Å². The average molecular weight is 286 g/mol. The lowest BCUT2D eigenvalue weighted by molar-refractivity contribution is 0.0697. The van der Waals surface area contributed by atoms with Crippen molar-refractivity contribution in [3.05, 3.63) is 53.6 Å². The van der Waals surface area contributed by atoms with E-state index in [1.54, 1.807) is 36.4 Å². The topological polar surface area (TPSA) is 55.1 Å². The summed E-state index contributed by atoms with van der Waals surface area (Å²) >= 11 is 1.77. The molecule has 102 valence electrons. The van der Waals surface area contributed by atoms with E-state index in [1.807, 2.05) is 16.8 Å². The van der Waals surface area contributed by atoms with Gasteiger partial charge in [0.05, 0.1) is 11.9 Å². The van der Waals surface area contributed by atoms with Gasteiger partial charge in [0, 0.05) is 29.1 Å². The van der Waals surface area contributed by atoms with Gasteiger partial charge in [0.15, 0.2) is 0 Å². The van der Waals surface area contributed by atoms with Gasteiger partial charge in [-0.1, -0.05) is 6.08 Å². The van der Waals surface area contributed by atoms with Crippen LogP contribution < -0.4 is 0 Å². The van der Waals surface area contributed by atoms with Crippen molar-refractivity contribution in [2.45, 2.75) is 23.6 Å². The normalized spacial score (nSPS) is 17.4. The van der Waals surface area contributed by atoms with Crippen LogP contribution in [-0.2, 0) is 6.54 Å². The van der Waals surface area contributed by atoms with Crippen molar-refractivity contribution in [3.63, 3.8) is 0 Å². The Morgan fingerprint density at radius 3 is 3.05 bits per heavy atom. The van der Waals surface area contributed by atoms with Gasteiger partial charge in [-0.2, -0.15) is 0 Å². The Hall–Kier alpha value is -2.01. The smallest absolute Gasteiger partial charge is 0.335 e. The van der Waals surface area contributed by atoms with E-state index in [0.29, 0.717) is 10.8 Å². The van der Waals surface area contributed by atoms with Crippen LogP contribution in [0.1, 0.15) is 22.8 Å². The van der Waals surface area contributed by atoms with E-state index in [0.717, 1.165) is 17.0 Å². The number of carboxylic acid groups (broad SMARTS) is 1. The monoisotopic (exact) mass is 286 g/mol. The number of hydrogen-bond acceptors (Lipinski definition) is 3. The molecule has 1 aliphatic rings. The van der Waals surface area contributed by atoms with Gasteiger partial charge < -0.3 is 9.67 Å². The second-order valence-corrected chi connectivity index (χ2v) is 6.15. The number of nitrogens with zero attached hydrogens (tertiary/aromatic N) is 2. The minimum atomic E-state index is -0.888. The molecule has 3 rings (SSSR count). The van der Waals surface area contributed by atoms with Crippen molar-refractivity contribution in [1.82, 2.24) is 9.55 Å². The molecule has 0 spiro atoms. The Morgan fingerprint density at radius 2 is 2.35 bits per heavy atom. The van der Waals surface area contributed by atoms with Crippen LogP contribution in [0, 0.1) is 0 Å². The third-order valence-corrected chi connectivity index (χ3v) is 4.63. The number of carboxylic acids is 1. The molecule has 4 nitrogen and oxygen atoms in total. The summed E-state index contributed by atoms with van der Waals surface area (Å²) in [5.74, 6) is -0.888. The second-order valence-electron chi connectivity index (χ2n) is 4.77. The summed E-state index contributed by atoms with van der Waals surface area (Å²) in [6.07, 6.45) is 7.59. The molecule has 0 saturated heterocycles. The fraction of sp³-hybridized carbons (Fsp3) is 0.200. The number of hydrogen-bond donors (Lipinski definition) is 1. The summed E-state index contributed by atoms with van der Waals surface area (Å²) in [4.78, 5) is 16.2. The number of thioether (sulfide) groups is 1. The van der Waals surface area contributed by atoms with Crippen LogP contribution in [0.15, 0.2) is 47.4 Å². The average Bonchev–Trinajstić information content (AvgIpc) is 2.92. The SMILES string of the molecule is CC1Sc2ccc(C(=O)O)cc2C=C1Cn1ccnc1. The molecular weight excluding hydrogens is 272 g/mol. The zero-order valence-electron chi connectivity index (χ0n) is 11.0. The molecule has 1 N–H and O–H groups in total. The van der Waals surface area contributed by atoms with Gasteiger partial charge in [0.2, 0.25) is 0 Å². The summed E-state index contributed by atoms with van der Waals surface area (Å²) in [7, 11) is 0. The molecule has 2 aromatic rings. The van der Waals surface area contributed by atoms with Crippen LogP contribution in [0.25, 0.3) is 6.08 Å². The maximum absolute atomic E-state index is 11.0. The molecule has 1 atom stereocenters. The lowest BCUT2D eigenvalue weighted by Gasteiger charge is -2.23. The van der Waals surface area contributed by atoms with Crippen LogP contribution in [0.2, 0.25) is 0 Å². The highest BCUT2D eigenvalue weighted by Crippen LogP contribution is 2.38. The summed E-state index contributed by atoms with van der Waals surface area (Å²) in [6.45, 7) is 2.95. The van der Waals surface area contributed by atoms with Crippen molar-refractivity contribution >= 4 is 23.8 Å². The highest BCUT2D eigenvalue weighted by Gasteiger charge is 2.19. The Balaban J connectivity index is 1.95. The predicted molar refractivity (Wildman–Crippen MR) is 78.9 cm³/mol. The minimum absolute atomic E-state index is 0.331. The van der Waals surface area contributed by atoms with Crippen LogP contribution in [0.4, 0.5) is 0 Å². The number of aromatic carboxylic acids is 1.